The summed E-state index contributed by atoms with van der Waals surface area (Å²) in [6, 6.07) is 9.18. The first-order valence-corrected chi connectivity index (χ1v) is 7.61. The monoisotopic (exact) mass is 295 g/mol. The minimum Gasteiger partial charge on any atom is -0.312 e. The molecule has 4 heteroatoms. The zero-order valence-corrected chi connectivity index (χ0v) is 12.2. The molecule has 2 aromatic rings. The summed E-state index contributed by atoms with van der Waals surface area (Å²) in [5.41, 5.74) is 0.592. The third-order valence-corrected chi connectivity index (χ3v) is 4.97. The van der Waals surface area contributed by atoms with Gasteiger partial charge in [-0.05, 0) is 56.1 Å². The van der Waals surface area contributed by atoms with Crippen LogP contribution in [0.5, 0.6) is 0 Å². The highest BCUT2D eigenvalue weighted by atomic mass is 35.5. The van der Waals surface area contributed by atoms with Crippen LogP contribution in [0, 0.1) is 11.7 Å². The lowest BCUT2D eigenvalue weighted by Gasteiger charge is -2.12. The molecule has 0 saturated heterocycles. The average Bonchev–Trinajstić information content (AvgIpc) is 3.11. The third-order valence-electron chi connectivity index (χ3n) is 3.53. The Morgan fingerprint density at radius 1 is 1.32 bits per heavy atom. The molecule has 0 spiro atoms. The smallest absolute Gasteiger partial charge is 0.131 e. The molecule has 100 valence electrons. The Balaban J connectivity index is 1.94. The van der Waals surface area contributed by atoms with Gasteiger partial charge in [-0.15, -0.1) is 11.3 Å². The Bertz CT molecular complexity index is 592. The summed E-state index contributed by atoms with van der Waals surface area (Å²) >= 11 is 7.60. The van der Waals surface area contributed by atoms with Gasteiger partial charge in [-0.1, -0.05) is 11.6 Å². The SMILES string of the molecule is CNC(c1ccc(-c2cc(Cl)ccc2F)s1)C1CC1. The fourth-order valence-electron chi connectivity index (χ4n) is 2.39. The van der Waals surface area contributed by atoms with E-state index in [-0.39, 0.29) is 5.82 Å². The van der Waals surface area contributed by atoms with E-state index < -0.39 is 0 Å². The predicted molar refractivity (Wildman–Crippen MR) is 79.2 cm³/mol. The Morgan fingerprint density at radius 2 is 2.11 bits per heavy atom. The number of nitrogens with one attached hydrogen (secondary N) is 1. The van der Waals surface area contributed by atoms with Crippen LogP contribution < -0.4 is 5.32 Å². The van der Waals surface area contributed by atoms with Crippen LogP contribution in [-0.4, -0.2) is 7.05 Å². The maximum Gasteiger partial charge on any atom is 0.131 e. The van der Waals surface area contributed by atoms with Gasteiger partial charge in [0.1, 0.15) is 5.82 Å². The molecule has 1 aromatic heterocycles. The molecule has 1 heterocycles. The van der Waals surface area contributed by atoms with Gasteiger partial charge >= 0.3 is 0 Å². The maximum atomic E-state index is 13.9. The van der Waals surface area contributed by atoms with Crippen LogP contribution in [-0.2, 0) is 0 Å². The molecule has 3 rings (SSSR count). The van der Waals surface area contributed by atoms with E-state index in [0.29, 0.717) is 16.6 Å². The second-order valence-electron chi connectivity index (χ2n) is 4.93. The summed E-state index contributed by atoms with van der Waals surface area (Å²) in [5.74, 6) is 0.519. The number of rotatable bonds is 4. The lowest BCUT2D eigenvalue weighted by atomic mass is 10.1. The van der Waals surface area contributed by atoms with Gasteiger partial charge in [-0.25, -0.2) is 4.39 Å². The maximum absolute atomic E-state index is 13.9. The van der Waals surface area contributed by atoms with Gasteiger partial charge in [-0.3, -0.25) is 0 Å². The van der Waals surface area contributed by atoms with Gasteiger partial charge in [0.15, 0.2) is 0 Å². The van der Waals surface area contributed by atoms with Crippen LogP contribution in [0.25, 0.3) is 10.4 Å². The van der Waals surface area contributed by atoms with Crippen LogP contribution in [0.4, 0.5) is 4.39 Å². The van der Waals surface area contributed by atoms with Crippen LogP contribution in [0.15, 0.2) is 30.3 Å². The molecule has 1 N–H and O–H groups in total. The molecule has 0 radical (unpaired) electrons. The summed E-state index contributed by atoms with van der Waals surface area (Å²) in [7, 11) is 1.99. The molecule has 1 saturated carbocycles. The number of halogens is 2. The fraction of sp³-hybridized carbons (Fsp3) is 0.333. The Labute approximate surface area is 121 Å². The van der Waals surface area contributed by atoms with Crippen LogP contribution in [0.3, 0.4) is 0 Å². The molecular weight excluding hydrogens is 281 g/mol. The average molecular weight is 296 g/mol. The molecule has 0 bridgehead atoms. The second-order valence-corrected chi connectivity index (χ2v) is 6.48. The minimum atomic E-state index is -0.217. The van der Waals surface area contributed by atoms with Crippen molar-refractivity contribution in [1.29, 1.82) is 0 Å². The molecule has 1 nitrogen and oxygen atoms in total. The topological polar surface area (TPSA) is 12.0 Å². The van der Waals surface area contributed by atoms with Crippen molar-refractivity contribution in [2.24, 2.45) is 5.92 Å². The highest BCUT2D eigenvalue weighted by Gasteiger charge is 2.32. The Kier molecular flexibility index (Phi) is 3.61. The summed E-state index contributed by atoms with van der Waals surface area (Å²) in [5, 5.41) is 3.93. The molecule has 19 heavy (non-hydrogen) atoms. The van der Waals surface area contributed by atoms with E-state index >= 15 is 0 Å². The van der Waals surface area contributed by atoms with Crippen molar-refractivity contribution in [2.45, 2.75) is 18.9 Å². The van der Waals surface area contributed by atoms with Crippen molar-refractivity contribution in [3.8, 4) is 10.4 Å². The first-order chi connectivity index (χ1) is 9.19. The van der Waals surface area contributed by atoms with E-state index in [1.807, 2.05) is 13.1 Å². The Hall–Kier alpha value is -0.900. The predicted octanol–water partition coefficient (Wildman–Crippen LogP) is 4.88. The van der Waals surface area contributed by atoms with Crippen molar-refractivity contribution in [3.63, 3.8) is 0 Å². The number of hydrogen-bond donors (Lipinski definition) is 1. The van der Waals surface area contributed by atoms with Gasteiger partial charge in [0.2, 0.25) is 0 Å². The van der Waals surface area contributed by atoms with Gasteiger partial charge < -0.3 is 5.32 Å². The van der Waals surface area contributed by atoms with Crippen LogP contribution in [0.2, 0.25) is 5.02 Å². The molecule has 1 aliphatic carbocycles. The highest BCUT2D eigenvalue weighted by Crippen LogP contribution is 2.44. The summed E-state index contributed by atoms with van der Waals surface area (Å²) in [4.78, 5) is 2.22. The third kappa shape index (κ3) is 2.69. The zero-order chi connectivity index (χ0) is 13.4. The summed E-state index contributed by atoms with van der Waals surface area (Å²) < 4.78 is 13.9. The van der Waals surface area contributed by atoms with E-state index in [4.69, 9.17) is 11.6 Å². The molecule has 1 aliphatic rings. The summed E-state index contributed by atoms with van der Waals surface area (Å²) in [6.45, 7) is 0. The minimum absolute atomic E-state index is 0.217. The van der Waals surface area contributed by atoms with E-state index in [2.05, 4.69) is 11.4 Å². The second kappa shape index (κ2) is 5.23. The number of benzene rings is 1. The van der Waals surface area contributed by atoms with Crippen molar-refractivity contribution in [3.05, 3.63) is 46.0 Å². The van der Waals surface area contributed by atoms with E-state index in [1.165, 1.54) is 23.8 Å². The van der Waals surface area contributed by atoms with Crippen LogP contribution >= 0.6 is 22.9 Å². The van der Waals surface area contributed by atoms with E-state index in [0.717, 1.165) is 10.8 Å². The molecule has 0 aliphatic heterocycles. The molecule has 0 amide bonds. The first-order valence-electron chi connectivity index (χ1n) is 6.41. The Morgan fingerprint density at radius 3 is 2.79 bits per heavy atom. The van der Waals surface area contributed by atoms with Gasteiger partial charge in [0, 0.05) is 26.4 Å². The largest absolute Gasteiger partial charge is 0.312 e. The van der Waals surface area contributed by atoms with Crippen molar-refractivity contribution < 1.29 is 4.39 Å². The molecule has 1 atom stereocenters. The molecule has 1 aromatic carbocycles. The number of thiophene rings is 1. The number of hydrogen-bond acceptors (Lipinski definition) is 2. The lowest BCUT2D eigenvalue weighted by Crippen LogP contribution is -2.16. The zero-order valence-electron chi connectivity index (χ0n) is 10.6. The quantitative estimate of drug-likeness (QED) is 0.848. The lowest BCUT2D eigenvalue weighted by molar-refractivity contribution is 0.537. The fourth-order valence-corrected chi connectivity index (χ4v) is 3.79. The van der Waals surface area contributed by atoms with Gasteiger partial charge in [-0.2, -0.15) is 0 Å². The molecule has 1 unspecified atom stereocenters. The molecular formula is C15H15ClFNS. The highest BCUT2D eigenvalue weighted by molar-refractivity contribution is 7.15. The van der Waals surface area contributed by atoms with Gasteiger partial charge in [0.05, 0.1) is 0 Å². The van der Waals surface area contributed by atoms with Gasteiger partial charge in [0.25, 0.3) is 0 Å². The van der Waals surface area contributed by atoms with Crippen LogP contribution in [0.1, 0.15) is 23.8 Å². The molecule has 1 fully saturated rings. The standard InChI is InChI=1S/C15H15ClFNS/c1-18-15(9-2-3-9)14-7-6-13(19-14)11-8-10(16)4-5-12(11)17/h4-9,15,18H,2-3H2,1H3. The van der Waals surface area contributed by atoms with E-state index in [9.17, 15) is 4.39 Å². The first kappa shape index (κ1) is 13.1. The normalized spacial score (nSPS) is 16.6. The van der Waals surface area contributed by atoms with Crippen molar-refractivity contribution >= 4 is 22.9 Å². The van der Waals surface area contributed by atoms with E-state index in [1.54, 1.807) is 23.5 Å². The van der Waals surface area contributed by atoms with Crippen molar-refractivity contribution in [1.82, 2.24) is 5.32 Å². The van der Waals surface area contributed by atoms with Crippen molar-refractivity contribution in [2.75, 3.05) is 7.05 Å². The summed E-state index contributed by atoms with van der Waals surface area (Å²) in [6.07, 6.45) is 2.56.